The molecule has 1 aromatic heterocycles. The molecule has 1 N–H and O–H groups in total. The highest BCUT2D eigenvalue weighted by molar-refractivity contribution is 5.89. The molecule has 0 spiro atoms. The molecular weight excluding hydrogens is 248 g/mol. The van der Waals surface area contributed by atoms with Crippen LogP contribution in [0.25, 0.3) is 10.9 Å². The SMILES string of the molecule is Cc1cccc2cc(C=Nc3ccccc3)c(=O)[nH]c12. The molecule has 20 heavy (non-hydrogen) atoms. The van der Waals surface area contributed by atoms with E-state index < -0.39 is 0 Å². The van der Waals surface area contributed by atoms with Crippen LogP contribution in [-0.2, 0) is 0 Å². The average Bonchev–Trinajstić information content (AvgIpc) is 2.47. The quantitative estimate of drug-likeness (QED) is 0.705. The Morgan fingerprint density at radius 3 is 2.65 bits per heavy atom. The number of para-hydroxylation sites is 2. The number of aromatic amines is 1. The third-order valence-electron chi connectivity index (χ3n) is 3.23. The van der Waals surface area contributed by atoms with Crippen molar-refractivity contribution in [2.45, 2.75) is 6.92 Å². The number of benzene rings is 2. The van der Waals surface area contributed by atoms with Crippen molar-refractivity contribution in [1.29, 1.82) is 0 Å². The van der Waals surface area contributed by atoms with Gasteiger partial charge in [0.2, 0.25) is 0 Å². The highest BCUT2D eigenvalue weighted by Gasteiger charge is 2.02. The van der Waals surface area contributed by atoms with Gasteiger partial charge in [-0.25, -0.2) is 0 Å². The van der Waals surface area contributed by atoms with Gasteiger partial charge in [0.1, 0.15) is 0 Å². The molecule has 3 rings (SSSR count). The predicted molar refractivity (Wildman–Crippen MR) is 83.0 cm³/mol. The van der Waals surface area contributed by atoms with Gasteiger partial charge in [0.15, 0.2) is 0 Å². The number of hydrogen-bond acceptors (Lipinski definition) is 2. The van der Waals surface area contributed by atoms with Crippen LogP contribution in [0.1, 0.15) is 11.1 Å². The van der Waals surface area contributed by atoms with Crippen LogP contribution in [-0.4, -0.2) is 11.2 Å². The van der Waals surface area contributed by atoms with Crippen LogP contribution in [0.4, 0.5) is 5.69 Å². The van der Waals surface area contributed by atoms with Crippen molar-refractivity contribution in [3.05, 3.63) is 76.1 Å². The summed E-state index contributed by atoms with van der Waals surface area (Å²) in [6.45, 7) is 1.98. The first-order valence-corrected chi connectivity index (χ1v) is 6.46. The Bertz CT molecular complexity index is 832. The number of aromatic nitrogens is 1. The lowest BCUT2D eigenvalue weighted by Gasteiger charge is -2.02. The van der Waals surface area contributed by atoms with Crippen molar-refractivity contribution in [2.75, 3.05) is 0 Å². The first kappa shape index (κ1) is 12.4. The lowest BCUT2D eigenvalue weighted by atomic mass is 10.1. The van der Waals surface area contributed by atoms with E-state index in [0.29, 0.717) is 5.56 Å². The van der Waals surface area contributed by atoms with Gasteiger partial charge in [-0.2, -0.15) is 0 Å². The highest BCUT2D eigenvalue weighted by Crippen LogP contribution is 2.15. The molecule has 0 radical (unpaired) electrons. The minimum atomic E-state index is -0.119. The molecular formula is C17H14N2O. The van der Waals surface area contributed by atoms with E-state index in [2.05, 4.69) is 9.98 Å². The number of aliphatic imine (C=N–C) groups is 1. The Labute approximate surface area is 116 Å². The van der Waals surface area contributed by atoms with Gasteiger partial charge >= 0.3 is 0 Å². The van der Waals surface area contributed by atoms with Gasteiger partial charge in [-0.05, 0) is 36.1 Å². The van der Waals surface area contributed by atoms with Crippen molar-refractivity contribution in [3.8, 4) is 0 Å². The average molecular weight is 262 g/mol. The fourth-order valence-electron chi connectivity index (χ4n) is 2.15. The summed E-state index contributed by atoms with van der Waals surface area (Å²) < 4.78 is 0. The molecule has 98 valence electrons. The zero-order valence-corrected chi connectivity index (χ0v) is 11.1. The summed E-state index contributed by atoms with van der Waals surface area (Å²) >= 11 is 0. The molecule has 0 aliphatic rings. The van der Waals surface area contributed by atoms with E-state index in [1.807, 2.05) is 61.5 Å². The van der Waals surface area contributed by atoms with Crippen molar-refractivity contribution in [2.24, 2.45) is 4.99 Å². The summed E-state index contributed by atoms with van der Waals surface area (Å²) in [5, 5.41) is 1.01. The minimum absolute atomic E-state index is 0.119. The second-order valence-electron chi connectivity index (χ2n) is 4.69. The zero-order valence-electron chi connectivity index (χ0n) is 11.1. The molecule has 0 saturated carbocycles. The van der Waals surface area contributed by atoms with Crippen LogP contribution in [0.3, 0.4) is 0 Å². The summed E-state index contributed by atoms with van der Waals surface area (Å²) in [6, 6.07) is 17.4. The van der Waals surface area contributed by atoms with Crippen LogP contribution in [0, 0.1) is 6.92 Å². The molecule has 0 fully saturated rings. The molecule has 0 saturated heterocycles. The van der Waals surface area contributed by atoms with E-state index in [-0.39, 0.29) is 5.56 Å². The lowest BCUT2D eigenvalue weighted by Crippen LogP contribution is -2.12. The molecule has 0 atom stereocenters. The number of nitrogens with zero attached hydrogens (tertiary/aromatic N) is 1. The summed E-state index contributed by atoms with van der Waals surface area (Å²) in [4.78, 5) is 19.3. The van der Waals surface area contributed by atoms with Crippen molar-refractivity contribution in [3.63, 3.8) is 0 Å². The van der Waals surface area contributed by atoms with Crippen LogP contribution in [0.2, 0.25) is 0 Å². The van der Waals surface area contributed by atoms with Gasteiger partial charge < -0.3 is 4.98 Å². The third kappa shape index (κ3) is 2.38. The van der Waals surface area contributed by atoms with Crippen LogP contribution >= 0.6 is 0 Å². The molecule has 3 aromatic rings. The number of nitrogens with one attached hydrogen (secondary N) is 1. The van der Waals surface area contributed by atoms with Crippen molar-refractivity contribution in [1.82, 2.24) is 4.98 Å². The molecule has 2 aromatic carbocycles. The Kier molecular flexibility index (Phi) is 3.17. The molecule has 3 nitrogen and oxygen atoms in total. The smallest absolute Gasteiger partial charge is 0.257 e. The van der Waals surface area contributed by atoms with Crippen LogP contribution in [0.5, 0.6) is 0 Å². The third-order valence-corrected chi connectivity index (χ3v) is 3.23. The molecule has 0 bridgehead atoms. The van der Waals surface area contributed by atoms with Crippen LogP contribution in [0.15, 0.2) is 64.4 Å². The Morgan fingerprint density at radius 2 is 1.85 bits per heavy atom. The van der Waals surface area contributed by atoms with Gasteiger partial charge in [0.25, 0.3) is 5.56 Å². The molecule has 0 unspecified atom stereocenters. The number of aryl methyl sites for hydroxylation is 1. The Hall–Kier alpha value is -2.68. The molecule has 1 heterocycles. The maximum Gasteiger partial charge on any atom is 0.257 e. The second-order valence-corrected chi connectivity index (χ2v) is 4.69. The summed E-state index contributed by atoms with van der Waals surface area (Å²) in [7, 11) is 0. The maximum atomic E-state index is 12.1. The Balaban J connectivity index is 2.07. The minimum Gasteiger partial charge on any atom is -0.321 e. The highest BCUT2D eigenvalue weighted by atomic mass is 16.1. The van der Waals surface area contributed by atoms with E-state index in [1.54, 1.807) is 6.21 Å². The number of pyridine rings is 1. The number of rotatable bonds is 2. The fraction of sp³-hybridized carbons (Fsp3) is 0.0588. The number of fused-ring (bicyclic) bond motifs is 1. The van der Waals surface area contributed by atoms with E-state index in [1.165, 1.54) is 0 Å². The molecule has 0 amide bonds. The van der Waals surface area contributed by atoms with Gasteiger partial charge in [0.05, 0.1) is 16.8 Å². The zero-order chi connectivity index (χ0) is 13.9. The van der Waals surface area contributed by atoms with E-state index in [9.17, 15) is 4.79 Å². The molecule has 0 aliphatic carbocycles. The molecule has 3 heteroatoms. The molecule has 0 aliphatic heterocycles. The van der Waals surface area contributed by atoms with Gasteiger partial charge in [0, 0.05) is 6.21 Å². The van der Waals surface area contributed by atoms with Gasteiger partial charge in [-0.3, -0.25) is 9.79 Å². The number of H-pyrrole nitrogens is 1. The first-order chi connectivity index (χ1) is 9.74. The second kappa shape index (κ2) is 5.13. The topological polar surface area (TPSA) is 45.2 Å². The summed E-state index contributed by atoms with van der Waals surface area (Å²) in [6.07, 6.45) is 1.61. The normalized spacial score (nSPS) is 11.2. The van der Waals surface area contributed by atoms with E-state index >= 15 is 0 Å². The fourth-order valence-corrected chi connectivity index (χ4v) is 2.15. The van der Waals surface area contributed by atoms with Gasteiger partial charge in [-0.1, -0.05) is 36.4 Å². The maximum absolute atomic E-state index is 12.1. The van der Waals surface area contributed by atoms with E-state index in [0.717, 1.165) is 22.2 Å². The number of hydrogen-bond donors (Lipinski definition) is 1. The predicted octanol–water partition coefficient (Wildman–Crippen LogP) is 3.59. The largest absolute Gasteiger partial charge is 0.321 e. The first-order valence-electron chi connectivity index (χ1n) is 6.46. The van der Waals surface area contributed by atoms with Crippen molar-refractivity contribution >= 4 is 22.8 Å². The lowest BCUT2D eigenvalue weighted by molar-refractivity contribution is 1.27. The van der Waals surface area contributed by atoms with Crippen molar-refractivity contribution < 1.29 is 0 Å². The van der Waals surface area contributed by atoms with E-state index in [4.69, 9.17) is 0 Å². The summed E-state index contributed by atoms with van der Waals surface area (Å²) in [5.74, 6) is 0. The Morgan fingerprint density at radius 1 is 1.05 bits per heavy atom. The monoisotopic (exact) mass is 262 g/mol. The summed E-state index contributed by atoms with van der Waals surface area (Å²) in [5.41, 5.74) is 3.22. The van der Waals surface area contributed by atoms with Gasteiger partial charge in [-0.15, -0.1) is 0 Å². The standard InChI is InChI=1S/C17H14N2O/c1-12-6-5-7-13-10-14(17(20)19-16(12)13)11-18-15-8-3-2-4-9-15/h2-11H,1H3,(H,19,20). The van der Waals surface area contributed by atoms with Crippen LogP contribution < -0.4 is 5.56 Å².